The van der Waals surface area contributed by atoms with Crippen LogP contribution in [0.15, 0.2) is 0 Å². The Kier molecular flexibility index (Phi) is 3.50. The lowest BCUT2D eigenvalue weighted by Crippen LogP contribution is -2.29. The number of hydrogen-bond acceptors (Lipinski definition) is 4. The number of esters is 1. The second kappa shape index (κ2) is 4.28. The largest absolute Gasteiger partial charge is 0.461 e. The van der Waals surface area contributed by atoms with Gasteiger partial charge in [-0.15, -0.1) is 0 Å². The minimum atomic E-state index is -0.447. The molecule has 0 bridgehead atoms. The fourth-order valence-corrected chi connectivity index (χ4v) is 1.34. The molecule has 0 aromatic heterocycles. The molecule has 4 nitrogen and oxygen atoms in total. The molecule has 0 aromatic carbocycles. The molecule has 0 aromatic rings. The van der Waals surface area contributed by atoms with Gasteiger partial charge in [0.15, 0.2) is 0 Å². The number of aliphatic hydroxyl groups is 1. The van der Waals surface area contributed by atoms with Gasteiger partial charge in [0.1, 0.15) is 6.10 Å². The Labute approximate surface area is 84.6 Å². The number of aliphatic hydroxyl groups excluding tert-OH is 1. The quantitative estimate of drug-likeness (QED) is 0.631. The average Bonchev–Trinajstić information content (AvgIpc) is 2.50. The normalized spacial score (nSPS) is 27.7. The van der Waals surface area contributed by atoms with Crippen LogP contribution in [0, 0.1) is 5.41 Å². The van der Waals surface area contributed by atoms with Gasteiger partial charge in [-0.1, -0.05) is 0 Å². The topological polar surface area (TPSA) is 58.6 Å². The van der Waals surface area contributed by atoms with Crippen molar-refractivity contribution < 1.29 is 14.6 Å². The van der Waals surface area contributed by atoms with Crippen molar-refractivity contribution in [2.24, 2.45) is 5.41 Å². The molecule has 0 radical (unpaired) electrons. The first kappa shape index (κ1) is 11.5. The van der Waals surface area contributed by atoms with Crippen LogP contribution in [0.3, 0.4) is 0 Å². The number of nitrogens with one attached hydrogen (secondary N) is 1. The Balaban J connectivity index is 2.36. The van der Waals surface area contributed by atoms with E-state index in [2.05, 4.69) is 5.32 Å². The Hall–Kier alpha value is -0.610. The van der Waals surface area contributed by atoms with E-state index in [1.54, 1.807) is 0 Å². The summed E-state index contributed by atoms with van der Waals surface area (Å²) in [5.41, 5.74) is -0.447. The first-order valence-electron chi connectivity index (χ1n) is 4.99. The van der Waals surface area contributed by atoms with Crippen LogP contribution in [0.5, 0.6) is 0 Å². The van der Waals surface area contributed by atoms with E-state index in [0.29, 0.717) is 13.0 Å². The van der Waals surface area contributed by atoms with Crippen LogP contribution in [-0.4, -0.2) is 36.4 Å². The second-order valence-electron chi connectivity index (χ2n) is 4.80. The summed E-state index contributed by atoms with van der Waals surface area (Å²) in [6.45, 7) is 6.25. The standard InChI is InChI=1S/C10H19NO3/c1-10(2,3)9(13)14-8-4-7(6-12)11-5-8/h7-8,11-12H,4-6H2,1-3H3. The summed E-state index contributed by atoms with van der Waals surface area (Å²) in [5, 5.41) is 12.0. The van der Waals surface area contributed by atoms with E-state index >= 15 is 0 Å². The van der Waals surface area contributed by atoms with Crippen LogP contribution in [0.25, 0.3) is 0 Å². The summed E-state index contributed by atoms with van der Waals surface area (Å²) in [4.78, 5) is 11.5. The minimum absolute atomic E-state index is 0.0766. The summed E-state index contributed by atoms with van der Waals surface area (Å²) >= 11 is 0. The summed E-state index contributed by atoms with van der Waals surface area (Å²) in [6.07, 6.45) is 0.622. The third-order valence-corrected chi connectivity index (χ3v) is 2.29. The first-order valence-corrected chi connectivity index (χ1v) is 4.99. The van der Waals surface area contributed by atoms with Gasteiger partial charge in [0.2, 0.25) is 0 Å². The van der Waals surface area contributed by atoms with Crippen molar-refractivity contribution in [3.8, 4) is 0 Å². The van der Waals surface area contributed by atoms with E-state index in [4.69, 9.17) is 9.84 Å². The van der Waals surface area contributed by atoms with E-state index in [1.807, 2.05) is 20.8 Å². The predicted octanol–water partition coefficient (Wildman–Crippen LogP) is 0.298. The molecule has 2 N–H and O–H groups in total. The van der Waals surface area contributed by atoms with E-state index < -0.39 is 5.41 Å². The highest BCUT2D eigenvalue weighted by molar-refractivity contribution is 5.75. The van der Waals surface area contributed by atoms with Crippen molar-refractivity contribution >= 4 is 5.97 Å². The van der Waals surface area contributed by atoms with E-state index in [-0.39, 0.29) is 24.7 Å². The lowest BCUT2D eigenvalue weighted by Gasteiger charge is -2.20. The average molecular weight is 201 g/mol. The van der Waals surface area contributed by atoms with Gasteiger partial charge in [-0.3, -0.25) is 4.79 Å². The summed E-state index contributed by atoms with van der Waals surface area (Å²) < 4.78 is 5.30. The minimum Gasteiger partial charge on any atom is -0.461 e. The van der Waals surface area contributed by atoms with Gasteiger partial charge in [-0.25, -0.2) is 0 Å². The molecule has 1 rings (SSSR count). The molecule has 0 saturated carbocycles. The van der Waals surface area contributed by atoms with Crippen LogP contribution >= 0.6 is 0 Å². The zero-order valence-electron chi connectivity index (χ0n) is 9.04. The zero-order chi connectivity index (χ0) is 10.8. The van der Waals surface area contributed by atoms with E-state index in [0.717, 1.165) is 0 Å². The lowest BCUT2D eigenvalue weighted by molar-refractivity contribution is -0.157. The van der Waals surface area contributed by atoms with Gasteiger partial charge >= 0.3 is 5.97 Å². The number of carbonyl (C=O) groups is 1. The fourth-order valence-electron chi connectivity index (χ4n) is 1.34. The molecule has 82 valence electrons. The van der Waals surface area contributed by atoms with Crippen LogP contribution < -0.4 is 5.32 Å². The smallest absolute Gasteiger partial charge is 0.311 e. The highest BCUT2D eigenvalue weighted by Crippen LogP contribution is 2.19. The maximum Gasteiger partial charge on any atom is 0.311 e. The molecule has 1 fully saturated rings. The number of ether oxygens (including phenoxy) is 1. The van der Waals surface area contributed by atoms with Crippen molar-refractivity contribution in [2.45, 2.75) is 39.3 Å². The van der Waals surface area contributed by atoms with Gasteiger partial charge < -0.3 is 15.2 Å². The highest BCUT2D eigenvalue weighted by Gasteiger charge is 2.30. The van der Waals surface area contributed by atoms with E-state index in [9.17, 15) is 4.79 Å². The van der Waals surface area contributed by atoms with Crippen LogP contribution in [0.4, 0.5) is 0 Å². The number of rotatable bonds is 2. The van der Waals surface area contributed by atoms with Gasteiger partial charge in [-0.05, 0) is 20.8 Å². The van der Waals surface area contributed by atoms with Gasteiger partial charge in [0, 0.05) is 19.0 Å². The molecule has 4 heteroatoms. The van der Waals surface area contributed by atoms with Crippen LogP contribution in [-0.2, 0) is 9.53 Å². The number of hydrogen-bond donors (Lipinski definition) is 2. The Bertz CT molecular complexity index is 210. The predicted molar refractivity (Wildman–Crippen MR) is 52.8 cm³/mol. The van der Waals surface area contributed by atoms with E-state index in [1.165, 1.54) is 0 Å². The van der Waals surface area contributed by atoms with Gasteiger partial charge in [-0.2, -0.15) is 0 Å². The van der Waals surface area contributed by atoms with Crippen molar-refractivity contribution in [3.63, 3.8) is 0 Å². The summed E-state index contributed by atoms with van der Waals surface area (Å²) in [7, 11) is 0. The molecule has 2 atom stereocenters. The zero-order valence-corrected chi connectivity index (χ0v) is 9.04. The highest BCUT2D eigenvalue weighted by atomic mass is 16.5. The molecule has 1 aliphatic heterocycles. The van der Waals surface area contributed by atoms with Crippen molar-refractivity contribution in [2.75, 3.05) is 13.2 Å². The third kappa shape index (κ3) is 2.96. The fraction of sp³-hybridized carbons (Fsp3) is 0.900. The molecule has 0 amide bonds. The van der Waals surface area contributed by atoms with Crippen LogP contribution in [0.2, 0.25) is 0 Å². The number of carbonyl (C=O) groups excluding carboxylic acids is 1. The van der Waals surface area contributed by atoms with Gasteiger partial charge in [0.05, 0.1) is 12.0 Å². The third-order valence-electron chi connectivity index (χ3n) is 2.29. The molecule has 1 saturated heterocycles. The molecule has 1 aliphatic rings. The SMILES string of the molecule is CC(C)(C)C(=O)OC1CNC(CO)C1. The molecule has 1 heterocycles. The van der Waals surface area contributed by atoms with Crippen molar-refractivity contribution in [1.82, 2.24) is 5.32 Å². The molecular formula is C10H19NO3. The first-order chi connectivity index (χ1) is 6.43. The Morgan fingerprint density at radius 1 is 1.57 bits per heavy atom. The van der Waals surface area contributed by atoms with Crippen molar-refractivity contribution in [3.05, 3.63) is 0 Å². The molecule has 0 aliphatic carbocycles. The monoisotopic (exact) mass is 201 g/mol. The lowest BCUT2D eigenvalue weighted by atomic mass is 9.97. The van der Waals surface area contributed by atoms with Crippen molar-refractivity contribution in [1.29, 1.82) is 0 Å². The van der Waals surface area contributed by atoms with Crippen LogP contribution in [0.1, 0.15) is 27.2 Å². The molecule has 0 spiro atoms. The summed E-state index contributed by atoms with van der Waals surface area (Å²) in [6, 6.07) is 0.0766. The summed E-state index contributed by atoms with van der Waals surface area (Å²) in [5.74, 6) is -0.178. The molecule has 2 unspecified atom stereocenters. The Morgan fingerprint density at radius 2 is 2.21 bits per heavy atom. The van der Waals surface area contributed by atoms with Gasteiger partial charge in [0.25, 0.3) is 0 Å². The Morgan fingerprint density at radius 3 is 2.64 bits per heavy atom. The second-order valence-corrected chi connectivity index (χ2v) is 4.80. The molecular weight excluding hydrogens is 182 g/mol. The maximum absolute atomic E-state index is 11.5. The maximum atomic E-state index is 11.5. The molecule has 14 heavy (non-hydrogen) atoms.